The molecule has 208 valence electrons. The zero-order valence-electron chi connectivity index (χ0n) is 22.8. The molecule has 0 aromatic heterocycles. The molecule has 7 nitrogen and oxygen atoms in total. The summed E-state index contributed by atoms with van der Waals surface area (Å²) in [5.74, 6) is -1.38. The number of anilines is 1. The van der Waals surface area contributed by atoms with Gasteiger partial charge in [-0.05, 0) is 68.7 Å². The van der Waals surface area contributed by atoms with Crippen LogP contribution in [-0.4, -0.2) is 43.8 Å². The smallest absolute Gasteiger partial charge is 0.264 e. The number of nitrogens with one attached hydrogen (secondary N) is 1. The van der Waals surface area contributed by atoms with Crippen LogP contribution < -0.4 is 9.62 Å². The summed E-state index contributed by atoms with van der Waals surface area (Å²) in [6.07, 6.45) is 1.06. The van der Waals surface area contributed by atoms with Gasteiger partial charge < -0.3 is 10.2 Å². The average Bonchev–Trinajstić information content (AvgIpc) is 2.92. The van der Waals surface area contributed by atoms with E-state index in [9.17, 15) is 22.4 Å². The second kappa shape index (κ2) is 13.4. The molecular weight excluding hydrogens is 517 g/mol. The van der Waals surface area contributed by atoms with Crippen molar-refractivity contribution in [3.63, 3.8) is 0 Å². The summed E-state index contributed by atoms with van der Waals surface area (Å²) in [5, 5.41) is 2.95. The first-order valence-corrected chi connectivity index (χ1v) is 14.5. The van der Waals surface area contributed by atoms with Crippen LogP contribution in [0.1, 0.15) is 44.7 Å². The standard InChI is InChI=1S/C30H36FN3O4S/c1-5-23(4)32-30(36)28(6-2)33(20-24-10-8-7-9-11-24)29(35)21-34(26-16-14-25(31)15-17-26)39(37,38)27-18-12-22(3)13-19-27/h7-19,23,28H,5-6,20-21H2,1-4H3,(H,32,36)/t23-,28-/m0/s1. The van der Waals surface area contributed by atoms with E-state index in [1.807, 2.05) is 58.0 Å². The molecule has 3 aromatic rings. The Bertz CT molecular complexity index is 1350. The van der Waals surface area contributed by atoms with Crippen molar-refractivity contribution in [2.75, 3.05) is 10.8 Å². The Morgan fingerprint density at radius 2 is 1.51 bits per heavy atom. The fraction of sp³-hybridized carbons (Fsp3) is 0.333. The van der Waals surface area contributed by atoms with Crippen molar-refractivity contribution in [3.05, 3.63) is 95.8 Å². The zero-order valence-corrected chi connectivity index (χ0v) is 23.6. The van der Waals surface area contributed by atoms with Crippen molar-refractivity contribution in [1.82, 2.24) is 10.2 Å². The molecule has 0 aliphatic heterocycles. The highest BCUT2D eigenvalue weighted by Crippen LogP contribution is 2.25. The Labute approximate surface area is 230 Å². The third-order valence-corrected chi connectivity index (χ3v) is 8.37. The van der Waals surface area contributed by atoms with Crippen LogP contribution in [0, 0.1) is 12.7 Å². The molecule has 0 radical (unpaired) electrons. The van der Waals surface area contributed by atoms with Crippen LogP contribution in [0.4, 0.5) is 10.1 Å². The lowest BCUT2D eigenvalue weighted by atomic mass is 10.1. The number of halogens is 1. The molecule has 39 heavy (non-hydrogen) atoms. The van der Waals surface area contributed by atoms with Crippen molar-refractivity contribution >= 4 is 27.5 Å². The molecule has 0 fully saturated rings. The Morgan fingerprint density at radius 1 is 0.897 bits per heavy atom. The molecule has 0 saturated carbocycles. The molecule has 0 aliphatic carbocycles. The number of sulfonamides is 1. The number of hydrogen-bond donors (Lipinski definition) is 1. The second-order valence-electron chi connectivity index (χ2n) is 9.55. The van der Waals surface area contributed by atoms with Crippen molar-refractivity contribution in [2.24, 2.45) is 0 Å². The molecule has 3 rings (SSSR count). The first kappa shape index (κ1) is 29.8. The quantitative estimate of drug-likeness (QED) is 0.340. The molecule has 0 heterocycles. The van der Waals surface area contributed by atoms with Gasteiger partial charge in [0.15, 0.2) is 0 Å². The molecule has 1 N–H and O–H groups in total. The van der Waals surface area contributed by atoms with Crippen LogP contribution in [0.5, 0.6) is 0 Å². The number of hydrogen-bond acceptors (Lipinski definition) is 4. The molecule has 2 atom stereocenters. The maximum absolute atomic E-state index is 14.0. The van der Waals surface area contributed by atoms with Gasteiger partial charge in [-0.25, -0.2) is 12.8 Å². The summed E-state index contributed by atoms with van der Waals surface area (Å²) >= 11 is 0. The summed E-state index contributed by atoms with van der Waals surface area (Å²) in [7, 11) is -4.20. The normalized spacial score (nSPS) is 12.8. The number of carbonyl (C=O) groups excluding carboxylic acids is 2. The van der Waals surface area contributed by atoms with Gasteiger partial charge in [-0.15, -0.1) is 0 Å². The summed E-state index contributed by atoms with van der Waals surface area (Å²) in [4.78, 5) is 28.6. The molecule has 2 amide bonds. The Hall–Kier alpha value is -3.72. The predicted octanol–water partition coefficient (Wildman–Crippen LogP) is 5.05. The monoisotopic (exact) mass is 553 g/mol. The Balaban J connectivity index is 2.04. The minimum absolute atomic E-state index is 0.00129. The molecule has 0 aliphatic rings. The van der Waals surface area contributed by atoms with E-state index >= 15 is 0 Å². The molecule has 0 bridgehead atoms. The highest BCUT2D eigenvalue weighted by Gasteiger charge is 2.34. The van der Waals surface area contributed by atoms with Gasteiger partial charge in [0.1, 0.15) is 18.4 Å². The Morgan fingerprint density at radius 3 is 2.08 bits per heavy atom. The summed E-state index contributed by atoms with van der Waals surface area (Å²) in [6, 6.07) is 19.6. The van der Waals surface area contributed by atoms with E-state index in [4.69, 9.17) is 0 Å². The van der Waals surface area contributed by atoms with Gasteiger partial charge in [0.05, 0.1) is 10.6 Å². The minimum atomic E-state index is -4.20. The van der Waals surface area contributed by atoms with Crippen LogP contribution in [0.25, 0.3) is 0 Å². The van der Waals surface area contributed by atoms with Gasteiger partial charge in [0.2, 0.25) is 11.8 Å². The first-order chi connectivity index (χ1) is 18.6. The maximum atomic E-state index is 14.0. The lowest BCUT2D eigenvalue weighted by molar-refractivity contribution is -0.140. The molecule has 0 saturated heterocycles. The number of benzene rings is 3. The van der Waals surface area contributed by atoms with Crippen LogP contribution in [0.15, 0.2) is 83.8 Å². The minimum Gasteiger partial charge on any atom is -0.352 e. The second-order valence-corrected chi connectivity index (χ2v) is 11.4. The maximum Gasteiger partial charge on any atom is 0.264 e. The highest BCUT2D eigenvalue weighted by molar-refractivity contribution is 7.92. The van der Waals surface area contributed by atoms with E-state index < -0.39 is 34.3 Å². The third kappa shape index (κ3) is 7.66. The van der Waals surface area contributed by atoms with Gasteiger partial charge in [-0.2, -0.15) is 0 Å². The Kier molecular flexibility index (Phi) is 10.2. The summed E-state index contributed by atoms with van der Waals surface area (Å²) in [6.45, 7) is 7.05. The third-order valence-electron chi connectivity index (χ3n) is 6.59. The van der Waals surface area contributed by atoms with Crippen molar-refractivity contribution in [1.29, 1.82) is 0 Å². The molecule has 3 aromatic carbocycles. The molecular formula is C30H36FN3O4S. The van der Waals surface area contributed by atoms with Crippen molar-refractivity contribution in [3.8, 4) is 0 Å². The number of nitrogens with zero attached hydrogens (tertiary/aromatic N) is 2. The molecule has 0 spiro atoms. The molecule has 0 unspecified atom stereocenters. The fourth-order valence-corrected chi connectivity index (χ4v) is 5.53. The van der Waals surface area contributed by atoms with E-state index in [-0.39, 0.29) is 29.1 Å². The lowest BCUT2D eigenvalue weighted by Crippen LogP contribution is -2.53. The largest absolute Gasteiger partial charge is 0.352 e. The van der Waals surface area contributed by atoms with Crippen LogP contribution in [0.3, 0.4) is 0 Å². The van der Waals surface area contributed by atoms with Crippen LogP contribution >= 0.6 is 0 Å². The first-order valence-electron chi connectivity index (χ1n) is 13.1. The fourth-order valence-electron chi connectivity index (χ4n) is 4.11. The van der Waals surface area contributed by atoms with Gasteiger partial charge in [-0.1, -0.05) is 61.9 Å². The van der Waals surface area contributed by atoms with E-state index in [1.54, 1.807) is 12.1 Å². The average molecular weight is 554 g/mol. The van der Waals surface area contributed by atoms with E-state index in [1.165, 1.54) is 29.2 Å². The number of amides is 2. The van der Waals surface area contributed by atoms with Gasteiger partial charge in [0.25, 0.3) is 10.0 Å². The van der Waals surface area contributed by atoms with Gasteiger partial charge in [-0.3, -0.25) is 13.9 Å². The topological polar surface area (TPSA) is 86.8 Å². The summed E-state index contributed by atoms with van der Waals surface area (Å²) in [5.41, 5.74) is 1.82. The predicted molar refractivity (Wildman–Crippen MR) is 151 cm³/mol. The van der Waals surface area contributed by atoms with E-state index in [2.05, 4.69) is 5.32 Å². The van der Waals surface area contributed by atoms with Gasteiger partial charge in [0, 0.05) is 12.6 Å². The number of carbonyl (C=O) groups is 2. The van der Waals surface area contributed by atoms with Crippen LogP contribution in [-0.2, 0) is 26.2 Å². The molecule has 9 heteroatoms. The van der Waals surface area contributed by atoms with Crippen molar-refractivity contribution < 1.29 is 22.4 Å². The number of rotatable bonds is 12. The number of aryl methyl sites for hydroxylation is 1. The van der Waals surface area contributed by atoms with E-state index in [0.717, 1.165) is 34.0 Å². The SMILES string of the molecule is CC[C@H](C)NC(=O)[C@H](CC)N(Cc1ccccc1)C(=O)CN(c1ccc(F)cc1)S(=O)(=O)c1ccc(C)cc1. The van der Waals surface area contributed by atoms with Crippen LogP contribution in [0.2, 0.25) is 0 Å². The van der Waals surface area contributed by atoms with Crippen molar-refractivity contribution in [2.45, 2.75) is 64.1 Å². The van der Waals surface area contributed by atoms with Gasteiger partial charge >= 0.3 is 0 Å². The lowest BCUT2D eigenvalue weighted by Gasteiger charge is -2.33. The summed E-state index contributed by atoms with van der Waals surface area (Å²) < 4.78 is 42.3. The zero-order chi connectivity index (χ0) is 28.6. The van der Waals surface area contributed by atoms with E-state index in [0.29, 0.717) is 6.42 Å². The highest BCUT2D eigenvalue weighted by atomic mass is 32.2.